The lowest BCUT2D eigenvalue weighted by atomic mass is 10.2. The number of carbonyl (C=O) groups is 1. The molecular weight excluding hydrogens is 491 g/mol. The van der Waals surface area contributed by atoms with E-state index in [-0.39, 0.29) is 16.8 Å². The lowest BCUT2D eigenvalue weighted by molar-refractivity contribution is 0.0909. The zero-order chi connectivity index (χ0) is 25.1. The highest BCUT2D eigenvalue weighted by Gasteiger charge is 2.16. The second kappa shape index (κ2) is 8.27. The second-order valence-corrected chi connectivity index (χ2v) is 9.89. The normalized spacial score (nSPS) is 11.9. The second-order valence-electron chi connectivity index (χ2n) is 8.83. The van der Waals surface area contributed by atoms with Crippen LogP contribution in [0.1, 0.15) is 31.0 Å². The monoisotopic (exact) mass is 510 g/mol. The first-order valence-corrected chi connectivity index (χ1v) is 12.7. The summed E-state index contributed by atoms with van der Waals surface area (Å²) in [5.74, 6) is -0.608. The van der Waals surface area contributed by atoms with E-state index < -0.39 is 5.82 Å². The maximum absolute atomic E-state index is 16.1. The van der Waals surface area contributed by atoms with Gasteiger partial charge in [0.2, 0.25) is 5.91 Å². The summed E-state index contributed by atoms with van der Waals surface area (Å²) >= 11 is 1.44. The van der Waals surface area contributed by atoms with Gasteiger partial charge in [0.15, 0.2) is 11.5 Å². The molecule has 7 aromatic rings. The highest BCUT2D eigenvalue weighted by Crippen LogP contribution is 2.31. The molecule has 7 rings (SSSR count). The fourth-order valence-electron chi connectivity index (χ4n) is 4.66. The average molecular weight is 511 g/mol. The molecule has 0 saturated carbocycles. The van der Waals surface area contributed by atoms with Crippen LogP contribution in [0.4, 0.5) is 4.39 Å². The zero-order valence-electron chi connectivity index (χ0n) is 19.6. The van der Waals surface area contributed by atoms with Gasteiger partial charge in [0, 0.05) is 24.2 Å². The summed E-state index contributed by atoms with van der Waals surface area (Å²) in [6, 6.07) is 7.40. The molecule has 0 unspecified atom stereocenters. The molecule has 9 nitrogen and oxygen atoms in total. The minimum Gasteiger partial charge on any atom is -0.336 e. The first-order chi connectivity index (χ1) is 18.1. The van der Waals surface area contributed by atoms with Crippen LogP contribution < -0.4 is 0 Å². The van der Waals surface area contributed by atoms with Gasteiger partial charge in [-0.2, -0.15) is 5.10 Å². The van der Waals surface area contributed by atoms with Crippen molar-refractivity contribution in [3.63, 3.8) is 0 Å². The number of aromatic amines is 2. The number of hydrogen-bond donors (Lipinski definition) is 2. The molecule has 0 aliphatic carbocycles. The Hall–Kier alpha value is -4.51. The number of nitrogens with zero attached hydrogens (tertiary/aromatic N) is 6. The molecule has 0 atom stereocenters. The van der Waals surface area contributed by atoms with Gasteiger partial charge in [0.25, 0.3) is 0 Å². The van der Waals surface area contributed by atoms with Crippen LogP contribution in [0.5, 0.6) is 0 Å². The van der Waals surface area contributed by atoms with Crippen molar-refractivity contribution in [1.29, 1.82) is 0 Å². The number of halogens is 1. The van der Waals surface area contributed by atoms with Crippen LogP contribution in [0.3, 0.4) is 0 Å². The molecule has 7 heterocycles. The Bertz CT molecular complexity index is 2080. The van der Waals surface area contributed by atoms with Crippen LogP contribution in [0, 0.1) is 5.82 Å². The van der Waals surface area contributed by atoms with E-state index in [2.05, 4.69) is 30.1 Å². The molecule has 8 bridgehead atoms. The Labute approximate surface area is 211 Å². The molecule has 0 radical (unpaired) electrons. The van der Waals surface area contributed by atoms with Crippen molar-refractivity contribution in [3.05, 3.63) is 54.9 Å². The van der Waals surface area contributed by atoms with Crippen LogP contribution in [0.15, 0.2) is 49.1 Å². The molecule has 0 spiro atoms. The lowest BCUT2D eigenvalue weighted by Crippen LogP contribution is -2.10. The maximum atomic E-state index is 16.1. The lowest BCUT2D eigenvalue weighted by Gasteiger charge is -2.07. The molecular formula is C26H19FN8OS. The summed E-state index contributed by atoms with van der Waals surface area (Å²) in [5.41, 5.74) is 3.93. The summed E-state index contributed by atoms with van der Waals surface area (Å²) < 4.78 is 18.6. The third kappa shape index (κ3) is 3.34. The number of hydrogen-bond acceptors (Lipinski definition) is 7. The van der Waals surface area contributed by atoms with Crippen molar-refractivity contribution >= 4 is 81.8 Å². The van der Waals surface area contributed by atoms with E-state index in [0.29, 0.717) is 45.0 Å². The molecule has 0 amide bonds. The Morgan fingerprint density at radius 1 is 1.05 bits per heavy atom. The van der Waals surface area contributed by atoms with Crippen molar-refractivity contribution in [1.82, 2.24) is 39.7 Å². The van der Waals surface area contributed by atoms with Crippen LogP contribution in [0.25, 0.3) is 64.6 Å². The van der Waals surface area contributed by atoms with Gasteiger partial charge in [0.1, 0.15) is 26.9 Å². The number of aromatic nitrogens is 8. The minimum absolute atomic E-state index is 0.0623. The Morgan fingerprint density at radius 2 is 1.97 bits per heavy atom. The Balaban J connectivity index is 1.74. The van der Waals surface area contributed by atoms with Crippen LogP contribution in [0.2, 0.25) is 0 Å². The molecule has 2 N–H and O–H groups in total. The first-order valence-electron chi connectivity index (χ1n) is 11.9. The van der Waals surface area contributed by atoms with E-state index in [4.69, 9.17) is 4.98 Å². The number of carbonyl (C=O) groups excluding carboxylic acids is 1. The highest BCUT2D eigenvalue weighted by molar-refractivity contribution is 7.24. The third-order valence-corrected chi connectivity index (χ3v) is 7.54. The van der Waals surface area contributed by atoms with Crippen LogP contribution in [-0.2, 0) is 0 Å². The quantitative estimate of drug-likeness (QED) is 0.292. The number of nitrogens with one attached hydrogen (secondary N) is 2. The number of fused-ring (bicyclic) bond motifs is 9. The summed E-state index contributed by atoms with van der Waals surface area (Å²) in [6.07, 6.45) is 8.43. The molecule has 0 fully saturated rings. The number of rotatable bonds is 3. The van der Waals surface area contributed by atoms with Crippen molar-refractivity contribution < 1.29 is 9.18 Å². The molecule has 37 heavy (non-hydrogen) atoms. The van der Waals surface area contributed by atoms with E-state index >= 15 is 4.39 Å². The average Bonchev–Trinajstić information content (AvgIpc) is 3.65. The van der Waals surface area contributed by atoms with Crippen LogP contribution >= 0.6 is 11.3 Å². The predicted octanol–water partition coefficient (Wildman–Crippen LogP) is 6.19. The molecule has 11 heteroatoms. The van der Waals surface area contributed by atoms with Gasteiger partial charge in [-0.25, -0.2) is 9.37 Å². The molecule has 0 aliphatic heterocycles. The van der Waals surface area contributed by atoms with Gasteiger partial charge in [-0.05, 0) is 30.7 Å². The standard InChI is InChI=1S/C26H19FN8OS/c1-2-3-4-18(36)35-14-9-13(10-28-11-14)22-21(27)20-16(12-30-22)33-34-25(20)26-31-15-7-8-29-24(23(15)32-26)17-5-6-19(35)37-17/h5-12H,2-4H2,1H3,(H,31,32)(H,33,34). The topological polar surface area (TPSA) is 118 Å². The van der Waals surface area contributed by atoms with Gasteiger partial charge in [-0.3, -0.25) is 29.4 Å². The van der Waals surface area contributed by atoms with Gasteiger partial charge in [0.05, 0.1) is 39.0 Å². The largest absolute Gasteiger partial charge is 0.336 e. The van der Waals surface area contributed by atoms with Crippen molar-refractivity contribution in [2.75, 3.05) is 0 Å². The predicted molar refractivity (Wildman–Crippen MR) is 143 cm³/mol. The number of H-pyrrole nitrogens is 2. The molecule has 7 aromatic heterocycles. The molecule has 0 aliphatic rings. The van der Waals surface area contributed by atoms with Gasteiger partial charge < -0.3 is 4.98 Å². The fraction of sp³-hybridized carbons (Fsp3) is 0.154. The number of pyridine rings is 3. The molecule has 0 aromatic carbocycles. The highest BCUT2D eigenvalue weighted by atomic mass is 32.1. The number of unbranched alkanes of at least 4 members (excludes halogenated alkanes) is 1. The van der Waals surface area contributed by atoms with Crippen molar-refractivity contribution in [2.45, 2.75) is 26.2 Å². The van der Waals surface area contributed by atoms with E-state index in [1.807, 2.05) is 25.1 Å². The van der Waals surface area contributed by atoms with Gasteiger partial charge in [-0.15, -0.1) is 11.3 Å². The molecule has 182 valence electrons. The van der Waals surface area contributed by atoms with E-state index in [0.717, 1.165) is 27.9 Å². The third-order valence-electron chi connectivity index (χ3n) is 6.46. The van der Waals surface area contributed by atoms with E-state index in [9.17, 15) is 4.79 Å². The first kappa shape index (κ1) is 21.7. The van der Waals surface area contributed by atoms with Crippen molar-refractivity contribution in [2.24, 2.45) is 0 Å². The van der Waals surface area contributed by atoms with E-state index in [1.165, 1.54) is 11.3 Å². The zero-order valence-corrected chi connectivity index (χ0v) is 20.4. The summed E-state index contributed by atoms with van der Waals surface area (Å²) in [7, 11) is 0. The smallest absolute Gasteiger partial charge is 0.232 e. The van der Waals surface area contributed by atoms with Gasteiger partial charge in [-0.1, -0.05) is 13.3 Å². The van der Waals surface area contributed by atoms with Crippen molar-refractivity contribution in [3.8, 4) is 0 Å². The summed E-state index contributed by atoms with van der Waals surface area (Å²) in [4.78, 5) is 35.5. The Kier molecular flexibility index (Phi) is 4.86. The fourth-order valence-corrected chi connectivity index (χ4v) is 5.71. The van der Waals surface area contributed by atoms with Crippen LogP contribution in [-0.4, -0.2) is 45.6 Å². The minimum atomic E-state index is -0.546. The SMILES string of the molecule is CCCCC(=O)n1c2cncc(c2)c2ncc3[nH]nc(c4nc5c(ccnc5c5ccc1s5)[nH]4)c3c2F. The summed E-state index contributed by atoms with van der Waals surface area (Å²) in [5, 5.41) is 7.94. The van der Waals surface area contributed by atoms with Gasteiger partial charge >= 0.3 is 0 Å². The maximum Gasteiger partial charge on any atom is 0.232 e. The molecule has 0 saturated heterocycles. The van der Waals surface area contributed by atoms with E-state index in [1.54, 1.807) is 35.4 Å². The number of thiophene rings is 1. The Morgan fingerprint density at radius 3 is 2.86 bits per heavy atom. The summed E-state index contributed by atoms with van der Waals surface area (Å²) in [6.45, 7) is 2.05. The number of imidazole rings is 1.